The molecule has 1 N–H and O–H groups in total. The third-order valence-electron chi connectivity index (χ3n) is 2.65. The summed E-state index contributed by atoms with van der Waals surface area (Å²) in [6.07, 6.45) is 0.136. The Bertz CT molecular complexity index is 545. The predicted octanol–water partition coefficient (Wildman–Crippen LogP) is 4.69. The molecule has 0 aliphatic carbocycles. The van der Waals surface area contributed by atoms with Crippen molar-refractivity contribution in [1.29, 1.82) is 0 Å². The summed E-state index contributed by atoms with van der Waals surface area (Å²) in [5.41, 5.74) is 0.975. The van der Waals surface area contributed by atoms with Gasteiger partial charge >= 0.3 is 0 Å². The molecule has 0 heterocycles. The molecule has 19 heavy (non-hydrogen) atoms. The van der Waals surface area contributed by atoms with Gasteiger partial charge in [0, 0.05) is 27.1 Å². The van der Waals surface area contributed by atoms with Gasteiger partial charge in [-0.05, 0) is 29.8 Å². The summed E-state index contributed by atoms with van der Waals surface area (Å²) >= 11 is 13.6. The molecule has 100 valence electrons. The van der Waals surface area contributed by atoms with Gasteiger partial charge in [-0.1, -0.05) is 47.5 Å². The largest absolute Gasteiger partial charge is 0.392 e. The number of hydrogen-bond donors (Lipinski definition) is 1. The quantitative estimate of drug-likeness (QED) is 0.808. The lowest BCUT2D eigenvalue weighted by atomic mass is 10.1. The molecule has 0 radical (unpaired) electrons. The maximum Gasteiger partial charge on any atom is 0.0674 e. The normalized spacial score (nSPS) is 12.4. The Balaban J connectivity index is 1.88. The molecule has 0 fully saturated rings. The first kappa shape index (κ1) is 14.7. The first-order valence-corrected chi connectivity index (χ1v) is 7.69. The third kappa shape index (κ3) is 4.73. The van der Waals surface area contributed by atoms with Gasteiger partial charge in [-0.15, -0.1) is 11.8 Å². The van der Waals surface area contributed by atoms with E-state index in [2.05, 4.69) is 0 Å². The standard InChI is InChI=1S/C15H14Cl2OS/c16-12-5-3-6-14(9-12)19-10-13(18)8-11-4-1-2-7-15(11)17/h1-7,9,13,18H,8,10H2. The van der Waals surface area contributed by atoms with Crippen LogP contribution >= 0.6 is 35.0 Å². The van der Waals surface area contributed by atoms with Gasteiger partial charge in [0.2, 0.25) is 0 Å². The lowest BCUT2D eigenvalue weighted by Gasteiger charge is -2.11. The second-order valence-corrected chi connectivity index (χ2v) is 6.15. The van der Waals surface area contributed by atoms with Crippen LogP contribution in [0.3, 0.4) is 0 Å². The van der Waals surface area contributed by atoms with E-state index in [0.29, 0.717) is 22.2 Å². The molecular formula is C15H14Cl2OS. The van der Waals surface area contributed by atoms with E-state index in [9.17, 15) is 5.11 Å². The molecular weight excluding hydrogens is 299 g/mol. The van der Waals surface area contributed by atoms with Crippen molar-refractivity contribution in [3.8, 4) is 0 Å². The molecule has 0 saturated carbocycles. The second-order valence-electron chi connectivity index (χ2n) is 4.22. The molecule has 0 spiro atoms. The molecule has 0 bridgehead atoms. The molecule has 0 aliphatic heterocycles. The minimum absolute atomic E-state index is 0.427. The summed E-state index contributed by atoms with van der Waals surface area (Å²) in [6, 6.07) is 15.2. The second kappa shape index (κ2) is 7.20. The van der Waals surface area contributed by atoms with E-state index in [1.165, 1.54) is 0 Å². The summed E-state index contributed by atoms with van der Waals surface area (Å²) in [5.74, 6) is 0.617. The van der Waals surface area contributed by atoms with Gasteiger partial charge in [0.1, 0.15) is 0 Å². The van der Waals surface area contributed by atoms with Crippen molar-refractivity contribution < 1.29 is 5.11 Å². The van der Waals surface area contributed by atoms with Gasteiger partial charge in [-0.25, -0.2) is 0 Å². The fourth-order valence-corrected chi connectivity index (χ4v) is 3.08. The maximum atomic E-state index is 10.0. The van der Waals surface area contributed by atoms with E-state index >= 15 is 0 Å². The highest BCUT2D eigenvalue weighted by atomic mass is 35.5. The van der Waals surface area contributed by atoms with E-state index in [1.54, 1.807) is 11.8 Å². The van der Waals surface area contributed by atoms with E-state index in [1.807, 2.05) is 48.5 Å². The average Bonchev–Trinajstić information content (AvgIpc) is 2.39. The number of halogens is 2. The van der Waals surface area contributed by atoms with E-state index in [0.717, 1.165) is 10.5 Å². The monoisotopic (exact) mass is 312 g/mol. The fourth-order valence-electron chi connectivity index (χ4n) is 1.73. The summed E-state index contributed by atoms with van der Waals surface area (Å²) in [6.45, 7) is 0. The number of hydrogen-bond acceptors (Lipinski definition) is 2. The van der Waals surface area contributed by atoms with Crippen molar-refractivity contribution in [2.24, 2.45) is 0 Å². The zero-order valence-corrected chi connectivity index (χ0v) is 12.6. The number of thioether (sulfide) groups is 1. The van der Waals surface area contributed by atoms with Gasteiger partial charge in [0.05, 0.1) is 6.10 Å². The van der Waals surface area contributed by atoms with Gasteiger partial charge < -0.3 is 5.11 Å². The molecule has 1 nitrogen and oxygen atoms in total. The van der Waals surface area contributed by atoms with Crippen LogP contribution in [-0.2, 0) is 6.42 Å². The van der Waals surface area contributed by atoms with Crippen molar-refractivity contribution in [2.75, 3.05) is 5.75 Å². The Kier molecular flexibility index (Phi) is 5.59. The number of aliphatic hydroxyl groups excluding tert-OH is 1. The Morgan fingerprint density at radius 2 is 1.84 bits per heavy atom. The predicted molar refractivity (Wildman–Crippen MR) is 83.3 cm³/mol. The van der Waals surface area contributed by atoms with E-state index in [4.69, 9.17) is 23.2 Å². The summed E-state index contributed by atoms with van der Waals surface area (Å²) in [7, 11) is 0. The highest BCUT2D eigenvalue weighted by Gasteiger charge is 2.09. The van der Waals surface area contributed by atoms with Crippen molar-refractivity contribution >= 4 is 35.0 Å². The first-order valence-electron chi connectivity index (χ1n) is 5.95. The van der Waals surface area contributed by atoms with Crippen LogP contribution in [-0.4, -0.2) is 17.0 Å². The summed E-state index contributed by atoms with van der Waals surface area (Å²) < 4.78 is 0. The summed E-state index contributed by atoms with van der Waals surface area (Å²) in [5, 5.41) is 11.5. The van der Waals surface area contributed by atoms with Crippen molar-refractivity contribution in [2.45, 2.75) is 17.4 Å². The minimum atomic E-state index is -0.427. The highest BCUT2D eigenvalue weighted by molar-refractivity contribution is 7.99. The van der Waals surface area contributed by atoms with Crippen LogP contribution in [0.1, 0.15) is 5.56 Å². The van der Waals surface area contributed by atoms with Crippen LogP contribution < -0.4 is 0 Å². The molecule has 2 aromatic carbocycles. The molecule has 0 saturated heterocycles. The molecule has 1 atom stereocenters. The van der Waals surface area contributed by atoms with Crippen LogP contribution in [0.15, 0.2) is 53.4 Å². The minimum Gasteiger partial charge on any atom is -0.392 e. The number of benzene rings is 2. The van der Waals surface area contributed by atoms with Crippen LogP contribution in [0.25, 0.3) is 0 Å². The summed E-state index contributed by atoms with van der Waals surface area (Å²) in [4.78, 5) is 1.06. The molecule has 1 unspecified atom stereocenters. The van der Waals surface area contributed by atoms with Gasteiger partial charge in [0.25, 0.3) is 0 Å². The van der Waals surface area contributed by atoms with Crippen molar-refractivity contribution in [1.82, 2.24) is 0 Å². The molecule has 2 rings (SSSR count). The Morgan fingerprint density at radius 3 is 2.58 bits per heavy atom. The Labute approximate surface area is 127 Å². The lowest BCUT2D eigenvalue weighted by Crippen LogP contribution is -2.13. The van der Waals surface area contributed by atoms with Crippen LogP contribution in [0.4, 0.5) is 0 Å². The van der Waals surface area contributed by atoms with Crippen molar-refractivity contribution in [3.63, 3.8) is 0 Å². The molecule has 2 aromatic rings. The van der Waals surface area contributed by atoms with E-state index in [-0.39, 0.29) is 0 Å². The highest BCUT2D eigenvalue weighted by Crippen LogP contribution is 2.24. The van der Waals surface area contributed by atoms with Gasteiger partial charge in [0.15, 0.2) is 0 Å². The Morgan fingerprint density at radius 1 is 1.05 bits per heavy atom. The van der Waals surface area contributed by atoms with Gasteiger partial charge in [-0.2, -0.15) is 0 Å². The first-order chi connectivity index (χ1) is 9.15. The third-order valence-corrected chi connectivity index (χ3v) is 4.39. The van der Waals surface area contributed by atoms with Crippen molar-refractivity contribution in [3.05, 3.63) is 64.1 Å². The molecule has 4 heteroatoms. The van der Waals surface area contributed by atoms with Crippen LogP contribution in [0.2, 0.25) is 10.0 Å². The number of rotatable bonds is 5. The molecule has 0 amide bonds. The van der Waals surface area contributed by atoms with Crippen LogP contribution in [0, 0.1) is 0 Å². The molecule has 0 aliphatic rings. The Hall–Kier alpha value is -0.670. The zero-order valence-electron chi connectivity index (χ0n) is 10.2. The van der Waals surface area contributed by atoms with E-state index < -0.39 is 6.10 Å². The maximum absolute atomic E-state index is 10.0. The fraction of sp³-hybridized carbons (Fsp3) is 0.200. The zero-order chi connectivity index (χ0) is 13.7. The smallest absolute Gasteiger partial charge is 0.0674 e. The topological polar surface area (TPSA) is 20.2 Å². The lowest BCUT2D eigenvalue weighted by molar-refractivity contribution is 0.200. The molecule has 0 aromatic heterocycles. The average molecular weight is 313 g/mol. The SMILES string of the molecule is OC(CSc1cccc(Cl)c1)Cc1ccccc1Cl. The van der Waals surface area contributed by atoms with Crippen LogP contribution in [0.5, 0.6) is 0 Å². The van der Waals surface area contributed by atoms with Gasteiger partial charge in [-0.3, -0.25) is 0 Å². The number of aliphatic hydroxyl groups is 1.